The van der Waals surface area contributed by atoms with Crippen molar-refractivity contribution in [2.75, 3.05) is 26.2 Å². The molecule has 2 aliphatic rings. The van der Waals surface area contributed by atoms with Crippen molar-refractivity contribution in [2.24, 2.45) is 0 Å². The Morgan fingerprint density at radius 2 is 1.60 bits per heavy atom. The first kappa shape index (κ1) is 25.2. The van der Waals surface area contributed by atoms with Crippen molar-refractivity contribution in [3.05, 3.63) is 59.7 Å². The molecule has 1 atom stereocenters. The molecule has 1 aliphatic heterocycles. The van der Waals surface area contributed by atoms with Crippen LogP contribution in [0, 0.1) is 0 Å². The molecule has 1 fully saturated rings. The van der Waals surface area contributed by atoms with Crippen molar-refractivity contribution in [1.82, 2.24) is 10.2 Å². The minimum atomic E-state index is -0.809. The molecule has 1 amide bonds. The average Bonchev–Trinajstić information content (AvgIpc) is 3.14. The Morgan fingerprint density at radius 1 is 1.03 bits per heavy atom. The summed E-state index contributed by atoms with van der Waals surface area (Å²) in [7, 11) is 0. The molecule has 0 radical (unpaired) electrons. The third-order valence-electron chi connectivity index (χ3n) is 6.62. The number of nitrogens with one attached hydrogen (secondary N) is 1. The molecule has 0 unspecified atom stereocenters. The van der Waals surface area contributed by atoms with Crippen LogP contribution in [0.5, 0.6) is 0 Å². The highest BCUT2D eigenvalue weighted by Crippen LogP contribution is 2.44. The van der Waals surface area contributed by atoms with Crippen molar-refractivity contribution < 1.29 is 24.2 Å². The Labute approximate surface area is 207 Å². The van der Waals surface area contributed by atoms with Gasteiger partial charge in [-0.2, -0.15) is 0 Å². The Hall–Kier alpha value is -2.90. The van der Waals surface area contributed by atoms with Gasteiger partial charge < -0.3 is 24.8 Å². The second-order valence-electron chi connectivity index (χ2n) is 10.4. The first-order chi connectivity index (χ1) is 16.7. The lowest BCUT2D eigenvalue weighted by molar-refractivity contribution is -0.157. The molecule has 0 aromatic heterocycles. The van der Waals surface area contributed by atoms with Gasteiger partial charge in [0.2, 0.25) is 0 Å². The van der Waals surface area contributed by atoms with Gasteiger partial charge in [-0.05, 0) is 62.3 Å². The second-order valence-corrected chi connectivity index (χ2v) is 10.4. The van der Waals surface area contributed by atoms with E-state index in [4.69, 9.17) is 9.47 Å². The largest absolute Gasteiger partial charge is 0.458 e. The summed E-state index contributed by atoms with van der Waals surface area (Å²) in [6.07, 6.45) is 0.965. The maximum absolute atomic E-state index is 12.9. The third kappa shape index (κ3) is 6.41. The van der Waals surface area contributed by atoms with E-state index in [1.807, 2.05) is 24.3 Å². The first-order valence-electron chi connectivity index (χ1n) is 12.5. The number of esters is 1. The van der Waals surface area contributed by atoms with E-state index < -0.39 is 23.7 Å². The van der Waals surface area contributed by atoms with Crippen LogP contribution in [0.25, 0.3) is 11.1 Å². The number of aliphatic hydroxyl groups excluding tert-OH is 1. The lowest BCUT2D eigenvalue weighted by atomic mass is 9.98. The fourth-order valence-electron chi connectivity index (χ4n) is 4.86. The number of ether oxygens (including phenoxy) is 2. The standard InChI is InChI=1S/C28H36N2O5/c1-28(2,3)35-26(32)25(14-17-30-15-12-19(31)13-16-30)29-27(33)34-18-24-22-10-6-4-8-20(22)21-9-5-7-11-23(21)24/h4-11,19,24-25,31H,12-18H2,1-3H3,(H,29,33)/t25-/m0/s1. The minimum Gasteiger partial charge on any atom is -0.458 e. The number of nitrogens with zero attached hydrogens (tertiary/aromatic N) is 1. The van der Waals surface area contributed by atoms with Crippen molar-refractivity contribution >= 4 is 12.1 Å². The molecule has 1 saturated heterocycles. The summed E-state index contributed by atoms with van der Waals surface area (Å²) in [5, 5.41) is 12.5. The van der Waals surface area contributed by atoms with E-state index in [0.29, 0.717) is 13.0 Å². The average molecular weight is 481 g/mol. The zero-order valence-corrected chi connectivity index (χ0v) is 20.8. The molecule has 0 bridgehead atoms. The molecule has 2 aromatic rings. The number of alkyl carbamates (subject to hydrolysis) is 1. The molecule has 4 rings (SSSR count). The van der Waals surface area contributed by atoms with E-state index in [2.05, 4.69) is 34.5 Å². The SMILES string of the molecule is CC(C)(C)OC(=O)[C@H](CCN1CCC(O)CC1)NC(=O)OCC1c2ccccc2-c2ccccc21. The van der Waals surface area contributed by atoms with Crippen LogP contribution in [-0.2, 0) is 14.3 Å². The fraction of sp³-hybridized carbons (Fsp3) is 0.500. The summed E-state index contributed by atoms with van der Waals surface area (Å²) in [6, 6.07) is 15.5. The highest BCUT2D eigenvalue weighted by atomic mass is 16.6. The zero-order valence-electron chi connectivity index (χ0n) is 20.8. The van der Waals surface area contributed by atoms with Gasteiger partial charge in [0.15, 0.2) is 0 Å². The summed E-state index contributed by atoms with van der Waals surface area (Å²) >= 11 is 0. The molecule has 0 saturated carbocycles. The topological polar surface area (TPSA) is 88.1 Å². The van der Waals surface area contributed by atoms with E-state index in [-0.39, 0.29) is 18.6 Å². The van der Waals surface area contributed by atoms with Crippen LogP contribution in [0.1, 0.15) is 57.1 Å². The Kier molecular flexibility index (Phi) is 7.77. The van der Waals surface area contributed by atoms with Crippen molar-refractivity contribution in [3.8, 4) is 11.1 Å². The van der Waals surface area contributed by atoms with Crippen LogP contribution in [0.2, 0.25) is 0 Å². The van der Waals surface area contributed by atoms with E-state index >= 15 is 0 Å². The smallest absolute Gasteiger partial charge is 0.407 e. The number of likely N-dealkylation sites (tertiary alicyclic amines) is 1. The lowest BCUT2D eigenvalue weighted by Gasteiger charge is -2.31. The molecular weight excluding hydrogens is 444 g/mol. The van der Waals surface area contributed by atoms with Crippen molar-refractivity contribution in [1.29, 1.82) is 0 Å². The summed E-state index contributed by atoms with van der Waals surface area (Å²) in [6.45, 7) is 7.77. The van der Waals surface area contributed by atoms with Crippen molar-refractivity contribution in [2.45, 2.75) is 63.7 Å². The molecule has 2 aromatic carbocycles. The number of carbonyl (C=O) groups excluding carboxylic acids is 2. The van der Waals surface area contributed by atoms with Crippen LogP contribution in [0.15, 0.2) is 48.5 Å². The van der Waals surface area contributed by atoms with Gasteiger partial charge in [-0.15, -0.1) is 0 Å². The predicted octanol–water partition coefficient (Wildman–Crippen LogP) is 4.08. The maximum atomic E-state index is 12.9. The van der Waals surface area contributed by atoms with E-state index in [1.165, 1.54) is 0 Å². The fourth-order valence-corrected chi connectivity index (χ4v) is 4.86. The highest BCUT2D eigenvalue weighted by Gasteiger charge is 2.31. The number of piperidine rings is 1. The molecule has 2 N–H and O–H groups in total. The summed E-state index contributed by atoms with van der Waals surface area (Å²) < 4.78 is 11.2. The molecule has 35 heavy (non-hydrogen) atoms. The number of benzene rings is 2. The first-order valence-corrected chi connectivity index (χ1v) is 12.5. The number of carbonyl (C=O) groups is 2. The van der Waals surface area contributed by atoms with Gasteiger partial charge in [0.1, 0.15) is 18.2 Å². The minimum absolute atomic E-state index is 0.0482. The van der Waals surface area contributed by atoms with Crippen LogP contribution in [-0.4, -0.2) is 66.1 Å². The number of hydrogen-bond acceptors (Lipinski definition) is 6. The van der Waals surface area contributed by atoms with Gasteiger partial charge in [0.05, 0.1) is 6.10 Å². The molecule has 1 aliphatic carbocycles. The number of fused-ring (bicyclic) bond motifs is 3. The quantitative estimate of drug-likeness (QED) is 0.581. The Bertz CT molecular complexity index is 994. The van der Waals surface area contributed by atoms with Crippen LogP contribution >= 0.6 is 0 Å². The van der Waals surface area contributed by atoms with Crippen LogP contribution in [0.4, 0.5) is 4.79 Å². The van der Waals surface area contributed by atoms with Gasteiger partial charge in [-0.1, -0.05) is 48.5 Å². The van der Waals surface area contributed by atoms with Crippen LogP contribution < -0.4 is 5.32 Å². The Morgan fingerprint density at radius 3 is 2.17 bits per heavy atom. The Balaban J connectivity index is 1.39. The molecule has 7 heteroatoms. The number of amides is 1. The highest BCUT2D eigenvalue weighted by molar-refractivity contribution is 5.82. The van der Waals surface area contributed by atoms with E-state index in [0.717, 1.165) is 48.2 Å². The predicted molar refractivity (Wildman–Crippen MR) is 134 cm³/mol. The van der Waals surface area contributed by atoms with E-state index in [1.54, 1.807) is 20.8 Å². The van der Waals surface area contributed by atoms with Crippen LogP contribution in [0.3, 0.4) is 0 Å². The van der Waals surface area contributed by atoms with Crippen molar-refractivity contribution in [3.63, 3.8) is 0 Å². The van der Waals surface area contributed by atoms with Gasteiger partial charge in [0, 0.05) is 25.6 Å². The second kappa shape index (κ2) is 10.8. The zero-order chi connectivity index (χ0) is 25.0. The monoisotopic (exact) mass is 480 g/mol. The maximum Gasteiger partial charge on any atom is 0.407 e. The van der Waals surface area contributed by atoms with Gasteiger partial charge >= 0.3 is 12.1 Å². The lowest BCUT2D eigenvalue weighted by Crippen LogP contribution is -2.47. The number of hydrogen-bond donors (Lipinski definition) is 2. The summed E-state index contributed by atoms with van der Waals surface area (Å²) in [5.41, 5.74) is 3.94. The van der Waals surface area contributed by atoms with E-state index in [9.17, 15) is 14.7 Å². The molecule has 0 spiro atoms. The molecule has 7 nitrogen and oxygen atoms in total. The van der Waals surface area contributed by atoms with Gasteiger partial charge in [-0.3, -0.25) is 0 Å². The molecule has 1 heterocycles. The molecule has 188 valence electrons. The number of rotatable bonds is 7. The summed E-state index contributed by atoms with van der Waals surface area (Å²) in [5.74, 6) is -0.518. The third-order valence-corrected chi connectivity index (χ3v) is 6.62. The molecular formula is C28H36N2O5. The number of aliphatic hydroxyl groups is 1. The van der Waals surface area contributed by atoms with Gasteiger partial charge in [0.25, 0.3) is 0 Å². The van der Waals surface area contributed by atoms with Gasteiger partial charge in [-0.25, -0.2) is 9.59 Å². The summed E-state index contributed by atoms with van der Waals surface area (Å²) in [4.78, 5) is 27.9. The normalized spacial score (nSPS) is 17.4.